The molecular formula is C47H82O19P2. The fourth-order valence-electron chi connectivity index (χ4n) is 6.99. The molecule has 21 heteroatoms. The first-order valence-corrected chi connectivity index (χ1v) is 27.2. The molecule has 68 heavy (non-hydrogen) atoms. The standard InChI is InChI=1S/C47H82O19P2/c1-3-5-7-8-9-10-11-12-13-14-15-16-17-22-26-32-40(51)62-34-37(35-63-68(60,61)66-47-44(55)42(53)43(54)46(45(47)56)65-67(57,58)59)64-41(52)33-27-31-39(50)38(49)30-25-21-19-18-20-24-29-36(48)28-23-6-4-2/h12-13,18-21,24-25,29-30,36-39,42-50,53-56H,3-11,14-17,22-23,26-28,31-35H2,1-2H3,(H,60,61)(H2,57,58,59)/b13-12-,20-18-,21-19+,29-24+,30-25+/t36-,37+,38-,39-,42?,43?,44?,45?,46+,47-/m0/s1. The van der Waals surface area contributed by atoms with Crippen molar-refractivity contribution in [1.82, 2.24) is 0 Å². The number of carbonyl (C=O) groups excluding carboxylic acids is 2. The third kappa shape index (κ3) is 31.0. The van der Waals surface area contributed by atoms with Crippen LogP contribution in [0.5, 0.6) is 0 Å². The number of carbonyl (C=O) groups is 2. The van der Waals surface area contributed by atoms with Crippen LogP contribution in [0.25, 0.3) is 0 Å². The molecule has 0 saturated heterocycles. The van der Waals surface area contributed by atoms with Crippen LogP contribution < -0.4 is 0 Å². The number of esters is 2. The second-order valence-electron chi connectivity index (χ2n) is 17.0. The van der Waals surface area contributed by atoms with Crippen LogP contribution in [0, 0.1) is 0 Å². The maximum absolute atomic E-state index is 13.0. The number of aliphatic hydroxyl groups excluding tert-OH is 7. The van der Waals surface area contributed by atoms with E-state index in [1.54, 1.807) is 36.5 Å². The number of hydrogen-bond acceptors (Lipinski definition) is 16. The minimum absolute atomic E-state index is 0.0219. The van der Waals surface area contributed by atoms with Crippen molar-refractivity contribution in [3.8, 4) is 0 Å². The topological polar surface area (TPSA) is 317 Å². The largest absolute Gasteiger partial charge is 0.472 e. The van der Waals surface area contributed by atoms with Gasteiger partial charge in [0, 0.05) is 12.8 Å². The molecule has 1 aliphatic carbocycles. The van der Waals surface area contributed by atoms with Gasteiger partial charge in [0.2, 0.25) is 0 Å². The number of aliphatic hydroxyl groups is 7. The van der Waals surface area contributed by atoms with Crippen molar-refractivity contribution in [1.29, 1.82) is 0 Å². The number of unbranched alkanes of at least 4 members (excludes halogenated alkanes) is 13. The lowest BCUT2D eigenvalue weighted by atomic mass is 9.85. The quantitative estimate of drug-likeness (QED) is 0.0111. The highest BCUT2D eigenvalue weighted by atomic mass is 31.2. The summed E-state index contributed by atoms with van der Waals surface area (Å²) in [6.07, 6.45) is 16.6. The molecule has 11 atom stereocenters. The summed E-state index contributed by atoms with van der Waals surface area (Å²) in [5.41, 5.74) is 0. The maximum atomic E-state index is 13.0. The van der Waals surface area contributed by atoms with E-state index in [0.29, 0.717) is 12.8 Å². The van der Waals surface area contributed by atoms with Crippen LogP contribution in [0.1, 0.15) is 149 Å². The summed E-state index contributed by atoms with van der Waals surface area (Å²) in [7, 11) is -10.8. The average molecular weight is 1010 g/mol. The predicted octanol–water partition coefficient (Wildman–Crippen LogP) is 5.97. The minimum Gasteiger partial charge on any atom is -0.462 e. The number of phosphoric ester groups is 2. The zero-order valence-electron chi connectivity index (χ0n) is 39.9. The van der Waals surface area contributed by atoms with E-state index in [-0.39, 0.29) is 25.7 Å². The van der Waals surface area contributed by atoms with Gasteiger partial charge in [0.25, 0.3) is 0 Å². The summed E-state index contributed by atoms with van der Waals surface area (Å²) in [5.74, 6) is -1.55. The van der Waals surface area contributed by atoms with Crippen molar-refractivity contribution in [2.24, 2.45) is 0 Å². The van der Waals surface area contributed by atoms with Gasteiger partial charge >= 0.3 is 27.6 Å². The molecule has 0 spiro atoms. The molecular weight excluding hydrogens is 930 g/mol. The van der Waals surface area contributed by atoms with Crippen LogP contribution in [0.4, 0.5) is 0 Å². The van der Waals surface area contributed by atoms with E-state index in [4.69, 9.17) is 18.5 Å². The molecule has 0 aromatic heterocycles. The summed E-state index contributed by atoms with van der Waals surface area (Å²) < 4.78 is 49.1. The Labute approximate surface area is 402 Å². The highest BCUT2D eigenvalue weighted by molar-refractivity contribution is 7.47. The maximum Gasteiger partial charge on any atom is 0.472 e. The van der Waals surface area contributed by atoms with Crippen molar-refractivity contribution in [3.05, 3.63) is 60.8 Å². The lowest BCUT2D eigenvalue weighted by Crippen LogP contribution is -2.64. The van der Waals surface area contributed by atoms with Gasteiger partial charge in [-0.15, -0.1) is 0 Å². The van der Waals surface area contributed by atoms with Crippen LogP contribution in [-0.4, -0.2) is 137 Å². The Morgan fingerprint density at radius 1 is 0.559 bits per heavy atom. The molecule has 0 aliphatic heterocycles. The van der Waals surface area contributed by atoms with Crippen molar-refractivity contribution < 1.29 is 92.2 Å². The first-order chi connectivity index (χ1) is 32.3. The SMILES string of the molecule is CCCCCCCC/C=C\CCCCCCCC(=O)OC[C@H](COP(=O)(O)O[C@H]1C(O)C(O)C(O)[C@@H](OP(=O)(O)O)C1O)OC(=O)CCC[C@H](O)[C@@H](O)/C=C/C=C/C=C\C=C\[C@@H](O)CCCCC. The summed E-state index contributed by atoms with van der Waals surface area (Å²) in [5, 5.41) is 71.9. The van der Waals surface area contributed by atoms with Crippen molar-refractivity contribution >= 4 is 27.6 Å². The molecule has 10 N–H and O–H groups in total. The van der Waals surface area contributed by atoms with Gasteiger partial charge in [0.1, 0.15) is 43.2 Å². The first kappa shape index (κ1) is 63.6. The molecule has 1 saturated carbocycles. The van der Waals surface area contributed by atoms with Crippen LogP contribution >= 0.6 is 15.6 Å². The minimum atomic E-state index is -5.41. The highest BCUT2D eigenvalue weighted by Gasteiger charge is 2.54. The molecule has 0 heterocycles. The van der Waals surface area contributed by atoms with E-state index >= 15 is 0 Å². The molecule has 0 radical (unpaired) electrons. The van der Waals surface area contributed by atoms with Crippen LogP contribution in [0.3, 0.4) is 0 Å². The second-order valence-corrected chi connectivity index (χ2v) is 19.6. The molecule has 0 aromatic rings. The molecule has 0 bridgehead atoms. The molecule has 1 aliphatic rings. The summed E-state index contributed by atoms with van der Waals surface area (Å²) in [6, 6.07) is 0. The third-order valence-corrected chi connectivity index (χ3v) is 12.4. The summed E-state index contributed by atoms with van der Waals surface area (Å²) >= 11 is 0. The Bertz CT molecular complexity index is 1600. The number of hydrogen-bond donors (Lipinski definition) is 10. The fraction of sp³-hybridized carbons (Fsp3) is 0.745. The molecule has 1 fully saturated rings. The van der Waals surface area contributed by atoms with Gasteiger partial charge < -0.3 is 59.9 Å². The molecule has 0 amide bonds. The Balaban J connectivity index is 2.75. The van der Waals surface area contributed by atoms with Gasteiger partial charge in [-0.2, -0.15) is 0 Å². The van der Waals surface area contributed by atoms with Gasteiger partial charge in [0.15, 0.2) is 6.10 Å². The number of ether oxygens (including phenoxy) is 2. The Kier molecular flexibility index (Phi) is 35.0. The average Bonchev–Trinajstić information content (AvgIpc) is 3.28. The number of phosphoric acid groups is 2. The van der Waals surface area contributed by atoms with Gasteiger partial charge in [-0.3, -0.25) is 23.2 Å². The van der Waals surface area contributed by atoms with Gasteiger partial charge in [-0.25, -0.2) is 9.13 Å². The van der Waals surface area contributed by atoms with Crippen molar-refractivity contribution in [2.45, 2.75) is 210 Å². The van der Waals surface area contributed by atoms with E-state index in [2.05, 4.69) is 30.5 Å². The zero-order chi connectivity index (χ0) is 50.8. The normalized spacial score (nSPS) is 23.2. The summed E-state index contributed by atoms with van der Waals surface area (Å²) in [6.45, 7) is 2.70. The highest BCUT2D eigenvalue weighted by Crippen LogP contribution is 2.49. The van der Waals surface area contributed by atoms with Crippen LogP contribution in [0.2, 0.25) is 0 Å². The molecule has 19 nitrogen and oxygen atoms in total. The lowest BCUT2D eigenvalue weighted by Gasteiger charge is -2.43. The molecule has 5 unspecified atom stereocenters. The van der Waals surface area contributed by atoms with E-state index < -0.39 is 102 Å². The fourth-order valence-corrected chi connectivity index (χ4v) is 8.53. The van der Waals surface area contributed by atoms with Crippen LogP contribution in [-0.2, 0) is 41.8 Å². The first-order valence-electron chi connectivity index (χ1n) is 24.2. The van der Waals surface area contributed by atoms with E-state index in [1.807, 2.05) is 0 Å². The second kappa shape index (κ2) is 37.4. The summed E-state index contributed by atoms with van der Waals surface area (Å²) in [4.78, 5) is 54.3. The lowest BCUT2D eigenvalue weighted by molar-refractivity contribution is -0.216. The van der Waals surface area contributed by atoms with E-state index in [1.165, 1.54) is 50.7 Å². The van der Waals surface area contributed by atoms with E-state index in [9.17, 15) is 69.1 Å². The van der Waals surface area contributed by atoms with Crippen molar-refractivity contribution in [3.63, 3.8) is 0 Å². The van der Waals surface area contributed by atoms with E-state index in [0.717, 1.165) is 57.8 Å². The van der Waals surface area contributed by atoms with Gasteiger partial charge in [-0.05, 0) is 51.4 Å². The Morgan fingerprint density at radius 3 is 1.68 bits per heavy atom. The third-order valence-electron chi connectivity index (χ3n) is 10.9. The molecule has 1 rings (SSSR count). The smallest absolute Gasteiger partial charge is 0.462 e. The number of rotatable bonds is 39. The molecule has 394 valence electrons. The Morgan fingerprint density at radius 2 is 1.07 bits per heavy atom. The predicted molar refractivity (Wildman–Crippen MR) is 254 cm³/mol. The Hall–Kier alpha value is -2.42. The molecule has 0 aromatic carbocycles. The van der Waals surface area contributed by atoms with Crippen LogP contribution in [0.15, 0.2) is 60.8 Å². The zero-order valence-corrected chi connectivity index (χ0v) is 41.6. The van der Waals surface area contributed by atoms with Gasteiger partial charge in [-0.1, -0.05) is 145 Å². The van der Waals surface area contributed by atoms with Gasteiger partial charge in [0.05, 0.1) is 24.9 Å². The monoisotopic (exact) mass is 1010 g/mol. The number of allylic oxidation sites excluding steroid dienone is 8. The van der Waals surface area contributed by atoms with Crippen molar-refractivity contribution in [2.75, 3.05) is 13.2 Å².